The van der Waals surface area contributed by atoms with Gasteiger partial charge in [0.15, 0.2) is 0 Å². The highest BCUT2D eigenvalue weighted by Crippen LogP contribution is 2.11. The van der Waals surface area contributed by atoms with Gasteiger partial charge in [0.05, 0.1) is 12.4 Å². The zero-order chi connectivity index (χ0) is 11.4. The molecule has 0 saturated heterocycles. The van der Waals surface area contributed by atoms with E-state index in [4.69, 9.17) is 16.3 Å². The number of aromatic nitrogens is 2. The van der Waals surface area contributed by atoms with E-state index in [-0.39, 0.29) is 5.56 Å². The molecule has 0 spiro atoms. The number of hydrogen-bond acceptors (Lipinski definition) is 3. The van der Waals surface area contributed by atoms with Crippen LogP contribution in [0.3, 0.4) is 0 Å². The van der Waals surface area contributed by atoms with E-state index in [1.807, 2.05) is 12.1 Å². The quantitative estimate of drug-likeness (QED) is 0.887. The highest BCUT2D eigenvalue weighted by Gasteiger charge is 1.97. The van der Waals surface area contributed by atoms with E-state index >= 15 is 0 Å². The lowest BCUT2D eigenvalue weighted by Crippen LogP contribution is -2.06. The Labute approximate surface area is 96.9 Å². The Hall–Kier alpha value is -1.81. The molecular formula is C11H9ClN2O2. The lowest BCUT2D eigenvalue weighted by Gasteiger charge is -2.04. The molecule has 0 unspecified atom stereocenters. The molecule has 1 heterocycles. The number of nitrogens with zero attached hydrogens (tertiary/aromatic N) is 1. The predicted molar refractivity (Wildman–Crippen MR) is 60.6 cm³/mol. The molecule has 2 aromatic rings. The molecule has 0 amide bonds. The van der Waals surface area contributed by atoms with E-state index in [1.54, 1.807) is 12.1 Å². The van der Waals surface area contributed by atoms with E-state index < -0.39 is 0 Å². The average Bonchev–Trinajstić information content (AvgIpc) is 2.28. The van der Waals surface area contributed by atoms with Crippen LogP contribution in [0.5, 0.6) is 5.88 Å². The van der Waals surface area contributed by atoms with Crippen LogP contribution in [0.4, 0.5) is 0 Å². The van der Waals surface area contributed by atoms with Crippen LogP contribution in [-0.4, -0.2) is 9.97 Å². The summed E-state index contributed by atoms with van der Waals surface area (Å²) in [5, 5.41) is 0.679. The third-order valence-electron chi connectivity index (χ3n) is 1.95. The van der Waals surface area contributed by atoms with Gasteiger partial charge in [0.1, 0.15) is 6.61 Å². The Morgan fingerprint density at radius 1 is 1.31 bits per heavy atom. The van der Waals surface area contributed by atoms with Crippen molar-refractivity contribution in [3.05, 3.63) is 57.6 Å². The summed E-state index contributed by atoms with van der Waals surface area (Å²) in [4.78, 5) is 17.2. The van der Waals surface area contributed by atoms with Gasteiger partial charge in [-0.25, -0.2) is 4.98 Å². The van der Waals surface area contributed by atoms with Crippen LogP contribution >= 0.6 is 11.6 Å². The lowest BCUT2D eigenvalue weighted by molar-refractivity contribution is 0.293. The molecular weight excluding hydrogens is 228 g/mol. The summed E-state index contributed by atoms with van der Waals surface area (Å²) in [6.07, 6.45) is 1.31. The third kappa shape index (κ3) is 2.84. The molecule has 0 radical (unpaired) electrons. The first-order valence-electron chi connectivity index (χ1n) is 4.66. The van der Waals surface area contributed by atoms with Crippen molar-refractivity contribution in [3.8, 4) is 5.88 Å². The van der Waals surface area contributed by atoms with Crippen molar-refractivity contribution in [1.82, 2.24) is 9.97 Å². The van der Waals surface area contributed by atoms with E-state index in [2.05, 4.69) is 9.97 Å². The summed E-state index contributed by atoms with van der Waals surface area (Å²) in [5.74, 6) is 0.304. The molecule has 0 aliphatic rings. The fraction of sp³-hybridized carbons (Fsp3) is 0.0909. The van der Waals surface area contributed by atoms with Gasteiger partial charge in [0.2, 0.25) is 5.88 Å². The second-order valence-electron chi connectivity index (χ2n) is 3.16. The number of halogens is 1. The van der Waals surface area contributed by atoms with Crippen molar-refractivity contribution in [2.75, 3.05) is 0 Å². The van der Waals surface area contributed by atoms with Gasteiger partial charge in [0, 0.05) is 5.02 Å². The highest BCUT2D eigenvalue weighted by molar-refractivity contribution is 6.30. The molecule has 1 aromatic heterocycles. The first-order chi connectivity index (χ1) is 7.74. The fourth-order valence-corrected chi connectivity index (χ4v) is 1.29. The highest BCUT2D eigenvalue weighted by atomic mass is 35.5. The van der Waals surface area contributed by atoms with Crippen molar-refractivity contribution < 1.29 is 4.74 Å². The predicted octanol–water partition coefficient (Wildman–Crippen LogP) is 2.00. The Balaban J connectivity index is 2.02. The second-order valence-corrected chi connectivity index (χ2v) is 3.60. The molecule has 1 aromatic carbocycles. The molecule has 4 nitrogen and oxygen atoms in total. The van der Waals surface area contributed by atoms with Gasteiger partial charge in [0.25, 0.3) is 5.56 Å². The smallest absolute Gasteiger partial charge is 0.254 e. The molecule has 0 atom stereocenters. The van der Waals surface area contributed by atoms with Crippen molar-refractivity contribution >= 4 is 11.6 Å². The summed E-state index contributed by atoms with van der Waals surface area (Å²) in [6.45, 7) is 0.355. The topological polar surface area (TPSA) is 55.0 Å². The van der Waals surface area contributed by atoms with E-state index in [0.717, 1.165) is 5.56 Å². The minimum Gasteiger partial charge on any atom is -0.473 e. The van der Waals surface area contributed by atoms with Gasteiger partial charge in [-0.05, 0) is 17.7 Å². The third-order valence-corrected chi connectivity index (χ3v) is 2.21. The van der Waals surface area contributed by atoms with Gasteiger partial charge in [-0.15, -0.1) is 0 Å². The van der Waals surface area contributed by atoms with Crippen molar-refractivity contribution in [3.63, 3.8) is 0 Å². The maximum atomic E-state index is 11.0. The summed E-state index contributed by atoms with van der Waals surface area (Å²) in [5.41, 5.74) is 0.729. The number of aromatic amines is 1. The SMILES string of the molecule is O=c1cc(OCc2ccc(Cl)cc2)nc[nH]1. The standard InChI is InChI=1S/C11H9ClN2O2/c12-9-3-1-8(2-4-9)6-16-11-5-10(15)13-7-14-11/h1-5,7H,6H2,(H,13,14,15). The Bertz CT molecular complexity index is 522. The van der Waals surface area contributed by atoms with Gasteiger partial charge in [-0.2, -0.15) is 0 Å². The first-order valence-corrected chi connectivity index (χ1v) is 5.04. The van der Waals surface area contributed by atoms with Crippen molar-refractivity contribution in [2.45, 2.75) is 6.61 Å². The molecule has 82 valence electrons. The number of H-pyrrole nitrogens is 1. The lowest BCUT2D eigenvalue weighted by atomic mass is 10.2. The van der Waals surface area contributed by atoms with Crippen LogP contribution in [0.25, 0.3) is 0 Å². The molecule has 0 bridgehead atoms. The maximum Gasteiger partial charge on any atom is 0.254 e. The number of ether oxygens (including phenoxy) is 1. The van der Waals surface area contributed by atoms with Gasteiger partial charge in [-0.3, -0.25) is 4.79 Å². The van der Waals surface area contributed by atoms with Crippen LogP contribution in [0.2, 0.25) is 5.02 Å². The fourth-order valence-electron chi connectivity index (χ4n) is 1.17. The van der Waals surface area contributed by atoms with E-state index in [9.17, 15) is 4.79 Å². The minimum atomic E-state index is -0.235. The largest absolute Gasteiger partial charge is 0.473 e. The summed E-state index contributed by atoms with van der Waals surface area (Å²) >= 11 is 5.75. The average molecular weight is 237 g/mol. The van der Waals surface area contributed by atoms with Crippen molar-refractivity contribution in [2.24, 2.45) is 0 Å². The molecule has 0 aliphatic carbocycles. The van der Waals surface area contributed by atoms with E-state index in [0.29, 0.717) is 17.5 Å². The molecule has 0 fully saturated rings. The molecule has 1 N–H and O–H groups in total. The number of benzene rings is 1. The Kier molecular flexibility index (Phi) is 3.22. The normalized spacial score (nSPS) is 10.1. The van der Waals surface area contributed by atoms with Gasteiger partial charge in [-0.1, -0.05) is 23.7 Å². The van der Waals surface area contributed by atoms with Crippen LogP contribution < -0.4 is 10.3 Å². The van der Waals surface area contributed by atoms with Crippen molar-refractivity contribution in [1.29, 1.82) is 0 Å². The van der Waals surface area contributed by atoms with E-state index in [1.165, 1.54) is 12.4 Å². The first kappa shape index (κ1) is 10.7. The summed E-state index contributed by atoms with van der Waals surface area (Å²) in [7, 11) is 0. The molecule has 0 saturated carbocycles. The minimum absolute atomic E-state index is 0.235. The van der Waals surface area contributed by atoms with Crippen LogP contribution in [0.15, 0.2) is 41.5 Å². The Morgan fingerprint density at radius 3 is 2.75 bits per heavy atom. The van der Waals surface area contributed by atoms with Gasteiger partial charge < -0.3 is 9.72 Å². The second kappa shape index (κ2) is 4.81. The van der Waals surface area contributed by atoms with Gasteiger partial charge >= 0.3 is 0 Å². The monoisotopic (exact) mass is 236 g/mol. The Morgan fingerprint density at radius 2 is 2.06 bits per heavy atom. The molecule has 16 heavy (non-hydrogen) atoms. The molecule has 2 rings (SSSR count). The molecule has 0 aliphatic heterocycles. The maximum absolute atomic E-state index is 11.0. The summed E-state index contributed by atoms with van der Waals surface area (Å²) < 4.78 is 5.34. The summed E-state index contributed by atoms with van der Waals surface area (Å²) in [6, 6.07) is 8.58. The number of rotatable bonds is 3. The molecule has 5 heteroatoms. The zero-order valence-electron chi connectivity index (χ0n) is 8.31. The zero-order valence-corrected chi connectivity index (χ0v) is 9.07. The number of hydrogen-bond donors (Lipinski definition) is 1. The number of nitrogens with one attached hydrogen (secondary N) is 1. The van der Waals surface area contributed by atoms with Crippen LogP contribution in [0.1, 0.15) is 5.56 Å². The van der Waals surface area contributed by atoms with Crippen LogP contribution in [-0.2, 0) is 6.61 Å². The van der Waals surface area contributed by atoms with Crippen LogP contribution in [0, 0.1) is 0 Å².